The summed E-state index contributed by atoms with van der Waals surface area (Å²) in [6.45, 7) is 7.85. The van der Waals surface area contributed by atoms with Crippen LogP contribution < -0.4 is 0 Å². The van der Waals surface area contributed by atoms with Crippen LogP contribution in [-0.2, 0) is 0 Å². The van der Waals surface area contributed by atoms with Crippen LogP contribution in [0.3, 0.4) is 0 Å². The van der Waals surface area contributed by atoms with E-state index in [9.17, 15) is 4.79 Å². The van der Waals surface area contributed by atoms with Crippen LogP contribution in [0.2, 0.25) is 0 Å². The standard InChI is InChI=1S/C12H17N5OS/c1-7(2)17-12(14-15-16-17)19-6-11(18)10-5-8(3)13-9(10)4/h5,7,13H,6H2,1-4H3. The molecule has 2 heterocycles. The Morgan fingerprint density at radius 2 is 2.21 bits per heavy atom. The predicted molar refractivity (Wildman–Crippen MR) is 73.5 cm³/mol. The van der Waals surface area contributed by atoms with E-state index < -0.39 is 0 Å². The van der Waals surface area contributed by atoms with Crippen LogP contribution in [-0.4, -0.2) is 36.7 Å². The number of nitrogens with zero attached hydrogens (tertiary/aromatic N) is 4. The number of tetrazole rings is 1. The van der Waals surface area contributed by atoms with Gasteiger partial charge in [-0.3, -0.25) is 4.79 Å². The quantitative estimate of drug-likeness (QED) is 0.670. The molecule has 2 aromatic rings. The van der Waals surface area contributed by atoms with Gasteiger partial charge in [-0.1, -0.05) is 11.8 Å². The first-order valence-electron chi connectivity index (χ1n) is 6.09. The molecule has 0 aliphatic rings. The van der Waals surface area contributed by atoms with E-state index in [1.807, 2.05) is 33.8 Å². The molecule has 0 saturated heterocycles. The van der Waals surface area contributed by atoms with Crippen molar-refractivity contribution in [3.8, 4) is 0 Å². The molecule has 7 heteroatoms. The molecule has 0 bridgehead atoms. The van der Waals surface area contributed by atoms with Gasteiger partial charge in [-0.15, -0.1) is 5.10 Å². The van der Waals surface area contributed by atoms with E-state index in [1.165, 1.54) is 11.8 Å². The predicted octanol–water partition coefficient (Wildman–Crippen LogP) is 2.17. The molecule has 0 amide bonds. The van der Waals surface area contributed by atoms with Crippen molar-refractivity contribution >= 4 is 17.5 Å². The van der Waals surface area contributed by atoms with Gasteiger partial charge in [-0.05, 0) is 44.2 Å². The van der Waals surface area contributed by atoms with E-state index in [0.717, 1.165) is 17.0 Å². The fourth-order valence-corrected chi connectivity index (χ4v) is 2.72. The van der Waals surface area contributed by atoms with Crippen molar-refractivity contribution in [1.82, 2.24) is 25.2 Å². The van der Waals surface area contributed by atoms with Gasteiger partial charge >= 0.3 is 0 Å². The Morgan fingerprint density at radius 3 is 2.79 bits per heavy atom. The third-order valence-corrected chi connectivity index (χ3v) is 3.67. The third kappa shape index (κ3) is 3.04. The van der Waals surface area contributed by atoms with Gasteiger partial charge in [0.2, 0.25) is 5.16 Å². The smallest absolute Gasteiger partial charge is 0.209 e. The molecule has 1 N–H and O–H groups in total. The zero-order valence-corrected chi connectivity index (χ0v) is 12.3. The molecule has 0 spiro atoms. The summed E-state index contributed by atoms with van der Waals surface area (Å²) in [5.74, 6) is 0.427. The van der Waals surface area contributed by atoms with Crippen molar-refractivity contribution in [1.29, 1.82) is 0 Å². The molecule has 0 atom stereocenters. The molecule has 19 heavy (non-hydrogen) atoms. The molecule has 0 unspecified atom stereocenters. The maximum absolute atomic E-state index is 12.1. The van der Waals surface area contributed by atoms with Gasteiger partial charge in [-0.2, -0.15) is 0 Å². The largest absolute Gasteiger partial charge is 0.362 e. The molecule has 0 aliphatic heterocycles. The maximum atomic E-state index is 12.1. The Labute approximate surface area is 116 Å². The lowest BCUT2D eigenvalue weighted by Gasteiger charge is -2.06. The molecule has 6 nitrogen and oxygen atoms in total. The number of aromatic nitrogens is 5. The maximum Gasteiger partial charge on any atom is 0.209 e. The average molecular weight is 279 g/mol. The first kappa shape index (κ1) is 13.8. The molecule has 0 aliphatic carbocycles. The summed E-state index contributed by atoms with van der Waals surface area (Å²) < 4.78 is 1.72. The van der Waals surface area contributed by atoms with E-state index >= 15 is 0 Å². The Balaban J connectivity index is 2.04. The van der Waals surface area contributed by atoms with E-state index in [4.69, 9.17) is 0 Å². The highest BCUT2D eigenvalue weighted by Gasteiger charge is 2.15. The average Bonchev–Trinajstić information content (AvgIpc) is 2.92. The van der Waals surface area contributed by atoms with Crippen LogP contribution in [0, 0.1) is 13.8 Å². The van der Waals surface area contributed by atoms with Crippen LogP contribution in [0.25, 0.3) is 0 Å². The topological polar surface area (TPSA) is 76.5 Å². The van der Waals surface area contributed by atoms with E-state index in [-0.39, 0.29) is 11.8 Å². The van der Waals surface area contributed by atoms with Crippen molar-refractivity contribution in [2.45, 2.75) is 38.9 Å². The van der Waals surface area contributed by atoms with Gasteiger partial charge < -0.3 is 4.98 Å². The fourth-order valence-electron chi connectivity index (χ4n) is 1.83. The van der Waals surface area contributed by atoms with Gasteiger partial charge in [0.15, 0.2) is 5.78 Å². The van der Waals surface area contributed by atoms with E-state index in [2.05, 4.69) is 20.5 Å². The van der Waals surface area contributed by atoms with Gasteiger partial charge in [-0.25, -0.2) is 4.68 Å². The number of ketones is 1. The Bertz CT molecular complexity index is 587. The van der Waals surface area contributed by atoms with Gasteiger partial charge in [0.25, 0.3) is 0 Å². The van der Waals surface area contributed by atoms with Crippen molar-refractivity contribution in [2.75, 3.05) is 5.75 Å². The normalized spacial score (nSPS) is 11.2. The molecule has 0 aromatic carbocycles. The molecule has 2 aromatic heterocycles. The van der Waals surface area contributed by atoms with Crippen LogP contribution in [0.1, 0.15) is 41.6 Å². The number of nitrogens with one attached hydrogen (secondary N) is 1. The number of aryl methyl sites for hydroxylation is 2. The van der Waals surface area contributed by atoms with Gasteiger partial charge in [0.1, 0.15) is 0 Å². The minimum absolute atomic E-state index is 0.0881. The first-order valence-corrected chi connectivity index (χ1v) is 7.07. The number of carbonyl (C=O) groups excluding carboxylic acids is 1. The number of H-pyrrole nitrogens is 1. The van der Waals surface area contributed by atoms with Crippen molar-refractivity contribution in [3.63, 3.8) is 0 Å². The Kier molecular flexibility index (Phi) is 4.04. The Hall–Kier alpha value is -1.63. The van der Waals surface area contributed by atoms with E-state index in [0.29, 0.717) is 10.9 Å². The highest BCUT2D eigenvalue weighted by atomic mass is 32.2. The SMILES string of the molecule is Cc1cc(C(=O)CSc2nnnn2C(C)C)c(C)[nH]1. The summed E-state index contributed by atoms with van der Waals surface area (Å²) in [6, 6.07) is 2.06. The van der Waals surface area contributed by atoms with Gasteiger partial charge in [0.05, 0.1) is 11.8 Å². The van der Waals surface area contributed by atoms with E-state index in [1.54, 1.807) is 4.68 Å². The summed E-state index contributed by atoms with van der Waals surface area (Å²) in [7, 11) is 0. The number of aromatic amines is 1. The number of carbonyl (C=O) groups is 1. The van der Waals surface area contributed by atoms with Crippen LogP contribution >= 0.6 is 11.8 Å². The summed E-state index contributed by atoms with van der Waals surface area (Å²) in [4.78, 5) is 15.3. The van der Waals surface area contributed by atoms with Crippen LogP contribution in [0.4, 0.5) is 0 Å². The first-order chi connectivity index (χ1) is 8.99. The number of thioether (sulfide) groups is 1. The highest BCUT2D eigenvalue weighted by molar-refractivity contribution is 7.99. The van der Waals surface area contributed by atoms with Gasteiger partial charge in [0, 0.05) is 17.0 Å². The second-order valence-corrected chi connectivity index (χ2v) is 5.65. The minimum atomic E-state index is 0.0881. The molecule has 102 valence electrons. The summed E-state index contributed by atoms with van der Waals surface area (Å²) in [5.41, 5.74) is 2.65. The van der Waals surface area contributed by atoms with Crippen LogP contribution in [0.15, 0.2) is 11.2 Å². The van der Waals surface area contributed by atoms with Crippen molar-refractivity contribution in [2.24, 2.45) is 0 Å². The number of hydrogen-bond acceptors (Lipinski definition) is 5. The molecule has 2 rings (SSSR count). The molecule has 0 saturated carbocycles. The zero-order valence-electron chi connectivity index (χ0n) is 11.5. The van der Waals surface area contributed by atoms with Crippen molar-refractivity contribution < 1.29 is 4.79 Å². The minimum Gasteiger partial charge on any atom is -0.362 e. The number of rotatable bonds is 5. The number of Topliss-reactive ketones (excluding diaryl/α,β-unsaturated/α-hetero) is 1. The Morgan fingerprint density at radius 1 is 1.47 bits per heavy atom. The molecular weight excluding hydrogens is 262 g/mol. The fraction of sp³-hybridized carbons (Fsp3) is 0.500. The summed E-state index contributed by atoms with van der Waals surface area (Å²) in [5, 5.41) is 12.2. The molecular formula is C12H17N5OS. The lowest BCUT2D eigenvalue weighted by molar-refractivity contribution is 0.102. The number of hydrogen-bond donors (Lipinski definition) is 1. The second-order valence-electron chi connectivity index (χ2n) is 4.70. The monoisotopic (exact) mass is 279 g/mol. The molecule has 0 radical (unpaired) electrons. The summed E-state index contributed by atoms with van der Waals surface area (Å²) >= 11 is 1.37. The zero-order chi connectivity index (χ0) is 14.0. The lowest BCUT2D eigenvalue weighted by atomic mass is 10.2. The highest BCUT2D eigenvalue weighted by Crippen LogP contribution is 2.20. The van der Waals surface area contributed by atoms with Crippen molar-refractivity contribution in [3.05, 3.63) is 23.0 Å². The summed E-state index contributed by atoms with van der Waals surface area (Å²) in [6.07, 6.45) is 0. The lowest BCUT2D eigenvalue weighted by Crippen LogP contribution is -2.08. The molecule has 0 fully saturated rings. The third-order valence-electron chi connectivity index (χ3n) is 2.73. The van der Waals surface area contributed by atoms with Crippen LogP contribution in [0.5, 0.6) is 0 Å². The second kappa shape index (κ2) is 5.56.